The summed E-state index contributed by atoms with van der Waals surface area (Å²) in [6.45, 7) is 0. The molecule has 0 saturated heterocycles. The molecule has 17 heavy (non-hydrogen) atoms. The molecule has 88 valence electrons. The lowest BCUT2D eigenvalue weighted by Crippen LogP contribution is -2.27. The molecule has 0 aliphatic rings. The van der Waals surface area contributed by atoms with E-state index in [9.17, 15) is 0 Å². The molecule has 0 saturated carbocycles. The molecule has 1 aromatic heterocycles. The molecule has 0 radical (unpaired) electrons. The minimum absolute atomic E-state index is 0.114. The number of oxime groups is 1. The second-order valence-corrected chi connectivity index (χ2v) is 4.05. The second-order valence-electron chi connectivity index (χ2n) is 3.61. The highest BCUT2D eigenvalue weighted by Crippen LogP contribution is 2.22. The average molecular weight is 250 g/mol. The summed E-state index contributed by atoms with van der Waals surface area (Å²) in [5.74, 6) is 0.114. The zero-order valence-corrected chi connectivity index (χ0v) is 9.75. The van der Waals surface area contributed by atoms with Gasteiger partial charge in [0, 0.05) is 17.4 Å². The zero-order chi connectivity index (χ0) is 12.3. The van der Waals surface area contributed by atoms with Crippen molar-refractivity contribution in [3.63, 3.8) is 0 Å². The van der Waals surface area contributed by atoms with E-state index < -0.39 is 0 Å². The third-order valence-electron chi connectivity index (χ3n) is 2.49. The summed E-state index contributed by atoms with van der Waals surface area (Å²) in [5, 5.41) is 12.5. The molecule has 0 fully saturated rings. The van der Waals surface area contributed by atoms with Crippen molar-refractivity contribution >= 4 is 17.4 Å². The van der Waals surface area contributed by atoms with E-state index in [2.05, 4.69) is 5.16 Å². The lowest BCUT2D eigenvalue weighted by Gasteiger charge is -2.18. The smallest absolute Gasteiger partial charge is 0.166 e. The number of nitrogens with zero attached hydrogens (tertiary/aromatic N) is 2. The first-order chi connectivity index (χ1) is 8.22. The first-order valence-corrected chi connectivity index (χ1v) is 5.45. The van der Waals surface area contributed by atoms with Crippen molar-refractivity contribution in [1.82, 2.24) is 4.57 Å². The Hall–Kier alpha value is -1.94. The Kier molecular flexibility index (Phi) is 3.35. The minimum Gasteiger partial charge on any atom is -0.409 e. The Balaban J connectivity index is 2.48. The molecule has 0 unspecified atom stereocenters. The molecule has 3 N–H and O–H groups in total. The van der Waals surface area contributed by atoms with Crippen LogP contribution in [0.3, 0.4) is 0 Å². The van der Waals surface area contributed by atoms with Gasteiger partial charge in [0.05, 0.1) is 0 Å². The number of aromatic nitrogens is 1. The topological polar surface area (TPSA) is 63.5 Å². The highest BCUT2D eigenvalue weighted by molar-refractivity contribution is 6.30. The molecule has 4 nitrogen and oxygen atoms in total. The van der Waals surface area contributed by atoms with Crippen LogP contribution >= 0.6 is 11.6 Å². The minimum atomic E-state index is -0.353. The summed E-state index contributed by atoms with van der Waals surface area (Å²) in [6.07, 6.45) is 3.70. The van der Waals surface area contributed by atoms with Crippen molar-refractivity contribution < 1.29 is 5.21 Å². The van der Waals surface area contributed by atoms with E-state index in [1.165, 1.54) is 0 Å². The maximum Gasteiger partial charge on any atom is 0.166 e. The molecule has 0 amide bonds. The van der Waals surface area contributed by atoms with E-state index in [0.717, 1.165) is 5.56 Å². The standard InChI is InChI=1S/C12H12ClN3O/c13-10-5-3-4-9(8-10)11(12(14)15-17)16-6-1-2-7-16/h1-8,11,17H,(H2,14,15)/t11-/m1/s1. The van der Waals surface area contributed by atoms with Crippen LogP contribution in [0.15, 0.2) is 53.9 Å². The molecule has 0 spiro atoms. The van der Waals surface area contributed by atoms with Gasteiger partial charge in [-0.3, -0.25) is 0 Å². The molecule has 2 rings (SSSR count). The molecule has 1 aromatic carbocycles. The van der Waals surface area contributed by atoms with Crippen molar-refractivity contribution in [3.05, 3.63) is 59.4 Å². The summed E-state index contributed by atoms with van der Waals surface area (Å²) in [7, 11) is 0. The number of rotatable bonds is 3. The normalized spacial score (nSPS) is 13.6. The van der Waals surface area contributed by atoms with Gasteiger partial charge in [0.1, 0.15) is 6.04 Å². The van der Waals surface area contributed by atoms with Crippen LogP contribution in [0, 0.1) is 0 Å². The molecule has 1 heterocycles. The SMILES string of the molecule is NC(=NO)[C@@H](c1cccc(Cl)c1)n1cccc1. The maximum atomic E-state index is 8.85. The first kappa shape index (κ1) is 11.5. The van der Waals surface area contributed by atoms with Gasteiger partial charge in [-0.05, 0) is 29.8 Å². The van der Waals surface area contributed by atoms with Crippen molar-refractivity contribution in [2.75, 3.05) is 0 Å². The van der Waals surface area contributed by atoms with Crippen LogP contribution in [0.5, 0.6) is 0 Å². The average Bonchev–Trinajstić information content (AvgIpc) is 2.83. The summed E-state index contributed by atoms with van der Waals surface area (Å²) in [5.41, 5.74) is 6.59. The first-order valence-electron chi connectivity index (χ1n) is 5.07. The van der Waals surface area contributed by atoms with Crippen LogP contribution in [0.25, 0.3) is 0 Å². The van der Waals surface area contributed by atoms with Gasteiger partial charge in [-0.2, -0.15) is 0 Å². The van der Waals surface area contributed by atoms with Crippen molar-refractivity contribution in [2.45, 2.75) is 6.04 Å². The molecule has 1 atom stereocenters. The third-order valence-corrected chi connectivity index (χ3v) is 2.72. The van der Waals surface area contributed by atoms with Gasteiger partial charge in [0.2, 0.25) is 0 Å². The van der Waals surface area contributed by atoms with Crippen LogP contribution in [0.2, 0.25) is 5.02 Å². The molecule has 0 bridgehead atoms. The molecule has 2 aromatic rings. The summed E-state index contributed by atoms with van der Waals surface area (Å²) >= 11 is 5.95. The number of hydrogen-bond acceptors (Lipinski definition) is 2. The van der Waals surface area contributed by atoms with Crippen molar-refractivity contribution in [3.8, 4) is 0 Å². The van der Waals surface area contributed by atoms with Crippen LogP contribution in [0.1, 0.15) is 11.6 Å². The fourth-order valence-corrected chi connectivity index (χ4v) is 1.95. The fraction of sp³-hybridized carbons (Fsp3) is 0.0833. The molecular weight excluding hydrogens is 238 g/mol. The van der Waals surface area contributed by atoms with Crippen LogP contribution in [0.4, 0.5) is 0 Å². The van der Waals surface area contributed by atoms with E-state index in [0.29, 0.717) is 5.02 Å². The van der Waals surface area contributed by atoms with Crippen molar-refractivity contribution in [2.24, 2.45) is 10.9 Å². The number of benzene rings is 1. The predicted molar refractivity (Wildman–Crippen MR) is 67.4 cm³/mol. The third kappa shape index (κ3) is 2.42. The van der Waals surface area contributed by atoms with E-state index in [-0.39, 0.29) is 11.9 Å². The van der Waals surface area contributed by atoms with Gasteiger partial charge in [-0.1, -0.05) is 28.9 Å². The number of nitrogens with two attached hydrogens (primary N) is 1. The monoisotopic (exact) mass is 249 g/mol. The Bertz CT molecular complexity index is 522. The van der Waals surface area contributed by atoms with E-state index in [1.807, 2.05) is 41.2 Å². The molecular formula is C12H12ClN3O. The quantitative estimate of drug-likeness (QED) is 0.380. The zero-order valence-electron chi connectivity index (χ0n) is 8.99. The number of halogens is 1. The lowest BCUT2D eigenvalue weighted by molar-refractivity contribution is 0.315. The summed E-state index contributed by atoms with van der Waals surface area (Å²) in [6, 6.07) is 10.7. The van der Waals surface area contributed by atoms with Crippen molar-refractivity contribution in [1.29, 1.82) is 0 Å². The predicted octanol–water partition coefficient (Wildman–Crippen LogP) is 2.48. The van der Waals surface area contributed by atoms with Gasteiger partial charge in [0.15, 0.2) is 5.84 Å². The Morgan fingerprint density at radius 1 is 1.29 bits per heavy atom. The molecule has 5 heteroatoms. The van der Waals surface area contributed by atoms with E-state index in [4.69, 9.17) is 22.5 Å². The van der Waals surface area contributed by atoms with Gasteiger partial charge in [0.25, 0.3) is 0 Å². The summed E-state index contributed by atoms with van der Waals surface area (Å²) in [4.78, 5) is 0. The van der Waals surface area contributed by atoms with E-state index >= 15 is 0 Å². The fourth-order valence-electron chi connectivity index (χ4n) is 1.75. The van der Waals surface area contributed by atoms with Crippen LogP contribution < -0.4 is 5.73 Å². The summed E-state index contributed by atoms with van der Waals surface area (Å²) < 4.78 is 1.85. The Morgan fingerprint density at radius 3 is 2.59 bits per heavy atom. The van der Waals surface area contributed by atoms with Crippen LogP contribution in [-0.2, 0) is 0 Å². The lowest BCUT2D eigenvalue weighted by atomic mass is 10.1. The molecule has 0 aliphatic carbocycles. The molecule has 0 aliphatic heterocycles. The van der Waals surface area contributed by atoms with Gasteiger partial charge < -0.3 is 15.5 Å². The largest absolute Gasteiger partial charge is 0.409 e. The van der Waals surface area contributed by atoms with Gasteiger partial charge in [-0.25, -0.2) is 0 Å². The van der Waals surface area contributed by atoms with Crippen LogP contribution in [-0.4, -0.2) is 15.6 Å². The number of hydrogen-bond donors (Lipinski definition) is 2. The Labute approximate surface area is 104 Å². The van der Waals surface area contributed by atoms with Gasteiger partial charge in [-0.15, -0.1) is 0 Å². The number of amidine groups is 1. The van der Waals surface area contributed by atoms with Gasteiger partial charge >= 0.3 is 0 Å². The second kappa shape index (κ2) is 4.93. The Morgan fingerprint density at radius 2 is 2.00 bits per heavy atom. The van der Waals surface area contributed by atoms with E-state index in [1.54, 1.807) is 12.1 Å². The highest BCUT2D eigenvalue weighted by atomic mass is 35.5. The maximum absolute atomic E-state index is 8.85. The highest BCUT2D eigenvalue weighted by Gasteiger charge is 2.17.